The van der Waals surface area contributed by atoms with Crippen molar-refractivity contribution in [2.24, 2.45) is 5.92 Å². The number of ketones is 1. The Morgan fingerprint density at radius 1 is 1.21 bits per heavy atom. The van der Waals surface area contributed by atoms with Gasteiger partial charge in [-0.05, 0) is 43.2 Å². The molecule has 0 bridgehead atoms. The molecule has 3 rings (SSSR count). The zero-order valence-electron chi connectivity index (χ0n) is 14.7. The van der Waals surface area contributed by atoms with Crippen LogP contribution in [0.2, 0.25) is 0 Å². The van der Waals surface area contributed by atoms with Crippen LogP contribution in [-0.2, 0) is 20.9 Å². The lowest BCUT2D eigenvalue weighted by Crippen LogP contribution is -2.47. The van der Waals surface area contributed by atoms with Gasteiger partial charge in [-0.25, -0.2) is 0 Å². The van der Waals surface area contributed by atoms with E-state index in [1.807, 2.05) is 38.1 Å². The van der Waals surface area contributed by atoms with Crippen LogP contribution in [0.3, 0.4) is 0 Å². The Balaban J connectivity index is 0.000000198. The molecule has 0 aromatic heterocycles. The third kappa shape index (κ3) is 4.44. The molecule has 1 atom stereocenters. The summed E-state index contributed by atoms with van der Waals surface area (Å²) in [5.41, 5.74) is 1.71. The smallest absolute Gasteiger partial charge is 0.313 e. The first kappa shape index (κ1) is 18.7. The van der Waals surface area contributed by atoms with Gasteiger partial charge in [0.2, 0.25) is 0 Å². The Hall–Kier alpha value is -1.68. The van der Waals surface area contributed by atoms with E-state index < -0.39 is 5.60 Å². The van der Waals surface area contributed by atoms with Crippen LogP contribution in [0.25, 0.3) is 0 Å². The van der Waals surface area contributed by atoms with Gasteiger partial charge in [0, 0.05) is 6.42 Å². The van der Waals surface area contributed by atoms with Crippen molar-refractivity contribution in [2.45, 2.75) is 71.0 Å². The number of Topliss-reactive ketones (excluding diaryl/α,β-unsaturated/α-hetero) is 1. The normalized spacial score (nSPS) is 24.3. The standard InChI is InChI=1S/C12H18O3.C8H10O/c1-2-12(9-5-3-4-6-9)8-10(13)7-11(14)15-12;1-7-4-2-3-5-8(7)6-9/h9H,2-8H2,1H3;2-5,9H,6H2,1H3. The highest BCUT2D eigenvalue weighted by Gasteiger charge is 2.46. The molecule has 132 valence electrons. The first-order chi connectivity index (χ1) is 11.5. The summed E-state index contributed by atoms with van der Waals surface area (Å²) >= 11 is 0. The van der Waals surface area contributed by atoms with Crippen molar-refractivity contribution in [3.63, 3.8) is 0 Å². The predicted octanol–water partition coefficient (Wildman–Crippen LogP) is 3.72. The van der Waals surface area contributed by atoms with E-state index in [0.717, 1.165) is 30.4 Å². The molecule has 4 nitrogen and oxygen atoms in total. The van der Waals surface area contributed by atoms with Crippen molar-refractivity contribution in [1.29, 1.82) is 0 Å². The Bertz CT molecular complexity index is 557. The highest BCUT2D eigenvalue weighted by atomic mass is 16.6. The van der Waals surface area contributed by atoms with E-state index in [1.54, 1.807) is 0 Å². The molecule has 1 aliphatic carbocycles. The zero-order valence-corrected chi connectivity index (χ0v) is 14.7. The first-order valence-electron chi connectivity index (χ1n) is 8.89. The number of carbonyl (C=O) groups is 2. The van der Waals surface area contributed by atoms with Crippen LogP contribution >= 0.6 is 0 Å². The van der Waals surface area contributed by atoms with Gasteiger partial charge in [-0.3, -0.25) is 9.59 Å². The molecule has 4 heteroatoms. The van der Waals surface area contributed by atoms with E-state index in [9.17, 15) is 9.59 Å². The van der Waals surface area contributed by atoms with Crippen LogP contribution in [0.5, 0.6) is 0 Å². The number of esters is 1. The molecule has 1 saturated heterocycles. The number of hydrogen-bond acceptors (Lipinski definition) is 4. The van der Waals surface area contributed by atoms with Crippen LogP contribution in [-0.4, -0.2) is 22.5 Å². The van der Waals surface area contributed by atoms with E-state index >= 15 is 0 Å². The third-order valence-corrected chi connectivity index (χ3v) is 5.28. The van der Waals surface area contributed by atoms with Crippen molar-refractivity contribution >= 4 is 11.8 Å². The fourth-order valence-corrected chi connectivity index (χ4v) is 3.81. The van der Waals surface area contributed by atoms with Gasteiger partial charge in [-0.15, -0.1) is 0 Å². The number of rotatable bonds is 3. The Kier molecular flexibility index (Phi) is 6.55. The van der Waals surface area contributed by atoms with Crippen molar-refractivity contribution in [3.8, 4) is 0 Å². The second-order valence-corrected chi connectivity index (χ2v) is 6.85. The number of aryl methyl sites for hydroxylation is 1. The molecule has 1 unspecified atom stereocenters. The summed E-state index contributed by atoms with van der Waals surface area (Å²) in [6.07, 6.45) is 5.82. The largest absolute Gasteiger partial charge is 0.458 e. The van der Waals surface area contributed by atoms with Crippen LogP contribution < -0.4 is 0 Å². The third-order valence-electron chi connectivity index (χ3n) is 5.28. The van der Waals surface area contributed by atoms with Crippen LogP contribution in [0.4, 0.5) is 0 Å². The molecule has 1 saturated carbocycles. The predicted molar refractivity (Wildman–Crippen MR) is 92.4 cm³/mol. The average molecular weight is 332 g/mol. The van der Waals surface area contributed by atoms with Gasteiger partial charge in [0.25, 0.3) is 0 Å². The van der Waals surface area contributed by atoms with E-state index in [-0.39, 0.29) is 24.8 Å². The van der Waals surface area contributed by atoms with E-state index in [4.69, 9.17) is 9.84 Å². The van der Waals surface area contributed by atoms with Gasteiger partial charge in [-0.1, -0.05) is 44.0 Å². The van der Waals surface area contributed by atoms with Crippen molar-refractivity contribution < 1.29 is 19.4 Å². The average Bonchev–Trinajstić information content (AvgIpc) is 3.10. The second kappa shape index (κ2) is 8.43. The molecule has 1 heterocycles. The van der Waals surface area contributed by atoms with E-state index in [2.05, 4.69) is 0 Å². The Morgan fingerprint density at radius 3 is 2.38 bits per heavy atom. The maximum Gasteiger partial charge on any atom is 0.313 e. The van der Waals surface area contributed by atoms with Gasteiger partial charge in [0.15, 0.2) is 0 Å². The number of carbonyl (C=O) groups excluding carboxylic acids is 2. The fraction of sp³-hybridized carbons (Fsp3) is 0.600. The lowest BCUT2D eigenvalue weighted by molar-refractivity contribution is -0.177. The molecular weight excluding hydrogens is 304 g/mol. The lowest BCUT2D eigenvalue weighted by atomic mass is 9.78. The molecule has 0 radical (unpaired) electrons. The molecule has 1 aromatic rings. The molecule has 2 fully saturated rings. The first-order valence-corrected chi connectivity index (χ1v) is 8.89. The van der Waals surface area contributed by atoms with Gasteiger partial charge in [0.1, 0.15) is 17.8 Å². The second-order valence-electron chi connectivity index (χ2n) is 6.85. The summed E-state index contributed by atoms with van der Waals surface area (Å²) in [6, 6.07) is 7.81. The molecule has 2 aliphatic rings. The van der Waals surface area contributed by atoms with Crippen molar-refractivity contribution in [2.75, 3.05) is 0 Å². The summed E-state index contributed by atoms with van der Waals surface area (Å²) in [7, 11) is 0. The highest BCUT2D eigenvalue weighted by Crippen LogP contribution is 2.42. The van der Waals surface area contributed by atoms with Crippen molar-refractivity contribution in [3.05, 3.63) is 35.4 Å². The lowest BCUT2D eigenvalue weighted by Gasteiger charge is -2.40. The molecule has 1 aromatic carbocycles. The topological polar surface area (TPSA) is 63.6 Å². The number of hydrogen-bond donors (Lipinski definition) is 1. The molecule has 24 heavy (non-hydrogen) atoms. The summed E-state index contributed by atoms with van der Waals surface area (Å²) < 4.78 is 5.52. The number of cyclic esters (lactones) is 1. The molecular formula is C20H28O4. The van der Waals surface area contributed by atoms with Crippen LogP contribution in [0.15, 0.2) is 24.3 Å². The molecule has 0 spiro atoms. The van der Waals surface area contributed by atoms with Crippen LogP contribution in [0, 0.1) is 12.8 Å². The van der Waals surface area contributed by atoms with Crippen LogP contribution in [0.1, 0.15) is 63.0 Å². The van der Waals surface area contributed by atoms with E-state index in [0.29, 0.717) is 12.3 Å². The Morgan fingerprint density at radius 2 is 1.88 bits per heavy atom. The number of ether oxygens (including phenoxy) is 1. The number of benzene rings is 1. The summed E-state index contributed by atoms with van der Waals surface area (Å²) in [6.45, 7) is 4.16. The fourth-order valence-electron chi connectivity index (χ4n) is 3.81. The van der Waals surface area contributed by atoms with Gasteiger partial charge >= 0.3 is 5.97 Å². The number of aliphatic hydroxyl groups excluding tert-OH is 1. The quantitative estimate of drug-likeness (QED) is 0.677. The number of aliphatic hydroxyl groups is 1. The highest BCUT2D eigenvalue weighted by molar-refractivity contribution is 5.98. The molecule has 1 N–H and O–H groups in total. The monoisotopic (exact) mass is 332 g/mol. The van der Waals surface area contributed by atoms with Gasteiger partial charge < -0.3 is 9.84 Å². The maximum atomic E-state index is 11.5. The SMILES string of the molecule is CCC1(C2CCCC2)CC(=O)CC(=O)O1.Cc1ccccc1CO. The minimum absolute atomic E-state index is 0.0194. The van der Waals surface area contributed by atoms with Gasteiger partial charge in [-0.2, -0.15) is 0 Å². The molecule has 0 amide bonds. The molecule has 1 aliphatic heterocycles. The Labute approximate surface area is 144 Å². The minimum Gasteiger partial charge on any atom is -0.458 e. The summed E-state index contributed by atoms with van der Waals surface area (Å²) in [4.78, 5) is 22.9. The van der Waals surface area contributed by atoms with Crippen molar-refractivity contribution in [1.82, 2.24) is 0 Å². The maximum absolute atomic E-state index is 11.5. The summed E-state index contributed by atoms with van der Waals surface area (Å²) in [5, 5.41) is 8.72. The van der Waals surface area contributed by atoms with Gasteiger partial charge in [0.05, 0.1) is 6.61 Å². The minimum atomic E-state index is -0.455. The summed E-state index contributed by atoms with van der Waals surface area (Å²) in [5.74, 6) is 0.149. The van der Waals surface area contributed by atoms with E-state index in [1.165, 1.54) is 12.8 Å². The zero-order chi connectivity index (χ0) is 17.6.